The molecule has 0 aromatic carbocycles. The maximum absolute atomic E-state index is 11.8. The molecule has 0 fully saturated rings. The van der Waals surface area contributed by atoms with E-state index in [2.05, 4.69) is 5.16 Å². The van der Waals surface area contributed by atoms with E-state index in [9.17, 15) is 8.42 Å². The third-order valence-electron chi connectivity index (χ3n) is 2.29. The molecule has 0 spiro atoms. The summed E-state index contributed by atoms with van der Waals surface area (Å²) in [5.74, 6) is 0.649. The second-order valence-corrected chi connectivity index (χ2v) is 6.25. The molecule has 5 heteroatoms. The van der Waals surface area contributed by atoms with Crippen molar-refractivity contribution < 1.29 is 12.9 Å². The summed E-state index contributed by atoms with van der Waals surface area (Å²) in [6, 6.07) is 0. The first-order chi connectivity index (χ1) is 7.32. The van der Waals surface area contributed by atoms with E-state index in [0.29, 0.717) is 17.0 Å². The van der Waals surface area contributed by atoms with Crippen LogP contribution in [0.5, 0.6) is 0 Å². The summed E-state index contributed by atoms with van der Waals surface area (Å²) in [5, 5.41) is 3.74. The first-order valence-electron chi connectivity index (χ1n) is 5.07. The van der Waals surface area contributed by atoms with Gasteiger partial charge in [0.05, 0.1) is 17.2 Å². The predicted molar refractivity (Wildman–Crippen MR) is 62.9 cm³/mol. The highest BCUT2D eigenvalue weighted by molar-refractivity contribution is 7.90. The van der Waals surface area contributed by atoms with Gasteiger partial charge in [-0.05, 0) is 27.7 Å². The Hall–Kier alpha value is -1.10. The molecule has 0 aliphatic heterocycles. The van der Waals surface area contributed by atoms with Gasteiger partial charge in [-0.3, -0.25) is 0 Å². The molecule has 4 nitrogen and oxygen atoms in total. The lowest BCUT2D eigenvalue weighted by molar-refractivity contribution is 0.392. The molecule has 90 valence electrons. The minimum atomic E-state index is -3.12. The van der Waals surface area contributed by atoms with E-state index in [1.54, 1.807) is 19.9 Å². The summed E-state index contributed by atoms with van der Waals surface area (Å²) in [6.07, 6.45) is 1.72. The summed E-state index contributed by atoms with van der Waals surface area (Å²) in [5.41, 5.74) is 2.34. The Morgan fingerprint density at radius 3 is 2.44 bits per heavy atom. The van der Waals surface area contributed by atoms with Crippen LogP contribution in [0.15, 0.2) is 16.2 Å². The van der Waals surface area contributed by atoms with Gasteiger partial charge in [0.25, 0.3) is 0 Å². The zero-order valence-corrected chi connectivity index (χ0v) is 10.9. The number of sulfone groups is 1. The Morgan fingerprint density at radius 1 is 1.38 bits per heavy atom. The monoisotopic (exact) mass is 243 g/mol. The molecular weight excluding hydrogens is 226 g/mol. The molecule has 0 bridgehead atoms. The number of allylic oxidation sites excluding steroid dienone is 1. The summed E-state index contributed by atoms with van der Waals surface area (Å²) in [7, 11) is -3.12. The standard InChI is InChI=1S/C11H17NO3S/c1-8(2)5-6-16(13,14)7-11-9(3)12-15-10(11)4/h5H,6-7H2,1-4H3. The highest BCUT2D eigenvalue weighted by Crippen LogP contribution is 2.16. The van der Waals surface area contributed by atoms with Crippen LogP contribution in [0, 0.1) is 13.8 Å². The summed E-state index contributed by atoms with van der Waals surface area (Å²) in [4.78, 5) is 0. The molecule has 0 atom stereocenters. The normalized spacial score (nSPS) is 11.5. The van der Waals surface area contributed by atoms with Crippen molar-refractivity contribution in [3.05, 3.63) is 28.7 Å². The van der Waals surface area contributed by atoms with E-state index < -0.39 is 9.84 Å². The highest BCUT2D eigenvalue weighted by Gasteiger charge is 2.17. The summed E-state index contributed by atoms with van der Waals surface area (Å²) < 4.78 is 28.5. The van der Waals surface area contributed by atoms with Crippen molar-refractivity contribution in [3.8, 4) is 0 Å². The fraction of sp³-hybridized carbons (Fsp3) is 0.545. The smallest absolute Gasteiger partial charge is 0.158 e. The van der Waals surface area contributed by atoms with Crippen LogP contribution >= 0.6 is 0 Å². The Kier molecular flexibility index (Phi) is 3.91. The quantitative estimate of drug-likeness (QED) is 0.760. The van der Waals surface area contributed by atoms with Crippen molar-refractivity contribution in [2.45, 2.75) is 33.4 Å². The topological polar surface area (TPSA) is 60.2 Å². The van der Waals surface area contributed by atoms with E-state index in [4.69, 9.17) is 4.52 Å². The van der Waals surface area contributed by atoms with Gasteiger partial charge in [-0.15, -0.1) is 0 Å². The first kappa shape index (κ1) is 13.0. The zero-order chi connectivity index (χ0) is 12.3. The number of aromatic nitrogens is 1. The van der Waals surface area contributed by atoms with Gasteiger partial charge in [-0.2, -0.15) is 0 Å². The Labute approximate surface area is 96.3 Å². The first-order valence-corrected chi connectivity index (χ1v) is 6.89. The number of nitrogens with zero attached hydrogens (tertiary/aromatic N) is 1. The fourth-order valence-corrected chi connectivity index (χ4v) is 2.84. The van der Waals surface area contributed by atoms with Gasteiger partial charge in [-0.25, -0.2) is 8.42 Å². The molecule has 0 amide bonds. The van der Waals surface area contributed by atoms with Gasteiger partial charge in [-0.1, -0.05) is 16.8 Å². The van der Waals surface area contributed by atoms with Crippen LogP contribution in [-0.2, 0) is 15.6 Å². The second-order valence-electron chi connectivity index (χ2n) is 4.14. The molecule has 0 radical (unpaired) electrons. The molecule has 0 N–H and O–H groups in total. The van der Waals surface area contributed by atoms with E-state index in [1.165, 1.54) is 0 Å². The van der Waals surface area contributed by atoms with E-state index in [1.807, 2.05) is 13.8 Å². The van der Waals surface area contributed by atoms with Crippen LogP contribution in [0.1, 0.15) is 30.9 Å². The molecule has 0 aliphatic carbocycles. The molecular formula is C11H17NO3S. The van der Waals surface area contributed by atoms with Crippen molar-refractivity contribution in [1.29, 1.82) is 0 Å². The predicted octanol–water partition coefficient (Wildman–Crippen LogP) is 2.17. The van der Waals surface area contributed by atoms with E-state index >= 15 is 0 Å². The van der Waals surface area contributed by atoms with Gasteiger partial charge in [0.15, 0.2) is 9.84 Å². The van der Waals surface area contributed by atoms with Gasteiger partial charge in [0.1, 0.15) is 5.76 Å². The number of hydrogen-bond donors (Lipinski definition) is 0. The average Bonchev–Trinajstić information content (AvgIpc) is 2.46. The van der Waals surface area contributed by atoms with Crippen molar-refractivity contribution in [3.63, 3.8) is 0 Å². The van der Waals surface area contributed by atoms with Crippen LogP contribution in [0.25, 0.3) is 0 Å². The van der Waals surface area contributed by atoms with Crippen LogP contribution in [0.3, 0.4) is 0 Å². The Morgan fingerprint density at radius 2 is 2.00 bits per heavy atom. The highest BCUT2D eigenvalue weighted by atomic mass is 32.2. The van der Waals surface area contributed by atoms with Crippen molar-refractivity contribution in [2.24, 2.45) is 0 Å². The Balaban J connectivity index is 2.85. The zero-order valence-electron chi connectivity index (χ0n) is 10.1. The lowest BCUT2D eigenvalue weighted by Gasteiger charge is -2.01. The van der Waals surface area contributed by atoms with E-state index in [-0.39, 0.29) is 11.5 Å². The lowest BCUT2D eigenvalue weighted by Crippen LogP contribution is -2.09. The van der Waals surface area contributed by atoms with Crippen LogP contribution in [0.4, 0.5) is 0 Å². The summed E-state index contributed by atoms with van der Waals surface area (Å²) >= 11 is 0. The molecule has 1 rings (SSSR count). The molecule has 0 saturated heterocycles. The van der Waals surface area contributed by atoms with Crippen molar-refractivity contribution in [1.82, 2.24) is 5.16 Å². The molecule has 0 saturated carbocycles. The molecule has 0 aliphatic rings. The molecule has 0 unspecified atom stereocenters. The lowest BCUT2D eigenvalue weighted by atomic mass is 10.2. The van der Waals surface area contributed by atoms with Gasteiger partial charge >= 0.3 is 0 Å². The van der Waals surface area contributed by atoms with E-state index in [0.717, 1.165) is 5.57 Å². The average molecular weight is 243 g/mol. The number of hydrogen-bond acceptors (Lipinski definition) is 4. The minimum Gasteiger partial charge on any atom is -0.361 e. The second kappa shape index (κ2) is 4.82. The van der Waals surface area contributed by atoms with Gasteiger partial charge in [0.2, 0.25) is 0 Å². The molecule has 16 heavy (non-hydrogen) atoms. The van der Waals surface area contributed by atoms with Crippen molar-refractivity contribution >= 4 is 9.84 Å². The van der Waals surface area contributed by atoms with Gasteiger partial charge in [0, 0.05) is 5.56 Å². The molecule has 1 aromatic heterocycles. The van der Waals surface area contributed by atoms with Crippen LogP contribution in [-0.4, -0.2) is 19.3 Å². The number of rotatable bonds is 4. The van der Waals surface area contributed by atoms with Gasteiger partial charge < -0.3 is 4.52 Å². The maximum atomic E-state index is 11.8. The Bertz CT molecular complexity index is 474. The maximum Gasteiger partial charge on any atom is 0.158 e. The third kappa shape index (κ3) is 3.48. The molecule has 1 aromatic rings. The summed E-state index contributed by atoms with van der Waals surface area (Å²) in [6.45, 7) is 7.24. The minimum absolute atomic E-state index is 0.00204. The van der Waals surface area contributed by atoms with Crippen molar-refractivity contribution in [2.75, 3.05) is 5.75 Å². The molecule has 1 heterocycles. The van der Waals surface area contributed by atoms with Crippen LogP contribution < -0.4 is 0 Å². The largest absolute Gasteiger partial charge is 0.361 e. The SMILES string of the molecule is CC(C)=CCS(=O)(=O)Cc1c(C)noc1C. The van der Waals surface area contributed by atoms with Crippen LogP contribution in [0.2, 0.25) is 0 Å². The number of aryl methyl sites for hydroxylation is 2. The third-order valence-corrected chi connectivity index (χ3v) is 3.69. The fourth-order valence-electron chi connectivity index (χ4n) is 1.28.